The minimum absolute atomic E-state index is 0.0709. The average molecular weight is 379 g/mol. The van der Waals surface area contributed by atoms with Crippen molar-refractivity contribution in [2.24, 2.45) is 10.2 Å². The van der Waals surface area contributed by atoms with E-state index in [1.807, 2.05) is 55.5 Å². The van der Waals surface area contributed by atoms with Gasteiger partial charge in [0.15, 0.2) is 5.71 Å². The number of nitrogens with one attached hydrogen (secondary N) is 3. The van der Waals surface area contributed by atoms with E-state index in [1.54, 1.807) is 0 Å². The fourth-order valence-electron chi connectivity index (χ4n) is 2.97. The monoisotopic (exact) mass is 379 g/mol. The number of amides is 2. The van der Waals surface area contributed by atoms with Crippen molar-refractivity contribution in [2.75, 3.05) is 5.32 Å². The van der Waals surface area contributed by atoms with Gasteiger partial charge in [-0.3, -0.25) is 9.59 Å². The topological polar surface area (TPSA) is 94.9 Å². The van der Waals surface area contributed by atoms with Crippen LogP contribution in [0.1, 0.15) is 23.6 Å². The van der Waals surface area contributed by atoms with Crippen molar-refractivity contribution in [1.82, 2.24) is 10.9 Å². The van der Waals surface area contributed by atoms with Gasteiger partial charge in [0.05, 0.1) is 23.2 Å². The number of hydrogen-bond acceptors (Lipinski definition) is 6. The normalized spacial score (nSPS) is 20.0. The van der Waals surface area contributed by atoms with Crippen LogP contribution in [0.15, 0.2) is 58.7 Å². The Morgan fingerprint density at radius 2 is 2.00 bits per heavy atom. The third kappa shape index (κ3) is 3.56. The molecule has 8 heteroatoms. The zero-order valence-electron chi connectivity index (χ0n) is 14.5. The Morgan fingerprint density at radius 3 is 2.78 bits per heavy atom. The second-order valence-corrected chi connectivity index (χ2v) is 7.47. The third-order valence-corrected chi connectivity index (χ3v) is 5.17. The molecule has 2 heterocycles. The Labute approximate surface area is 160 Å². The molecule has 0 saturated carbocycles. The van der Waals surface area contributed by atoms with E-state index >= 15 is 0 Å². The lowest BCUT2D eigenvalue weighted by molar-refractivity contribution is -0.110. The summed E-state index contributed by atoms with van der Waals surface area (Å²) in [7, 11) is 0. The predicted octanol–water partition coefficient (Wildman–Crippen LogP) is 2.68. The summed E-state index contributed by atoms with van der Waals surface area (Å²) in [4.78, 5) is 23.7. The average Bonchev–Trinajstić information content (AvgIpc) is 2.97. The Balaban J connectivity index is 1.59. The predicted molar refractivity (Wildman–Crippen MR) is 107 cm³/mol. The van der Waals surface area contributed by atoms with Crippen LogP contribution in [0.5, 0.6) is 0 Å². The van der Waals surface area contributed by atoms with E-state index in [1.165, 1.54) is 11.8 Å². The molecule has 2 aliphatic heterocycles. The molecule has 0 aliphatic carbocycles. The van der Waals surface area contributed by atoms with Gasteiger partial charge in [-0.1, -0.05) is 48.2 Å². The molecule has 2 aromatic carbocycles. The number of rotatable bonds is 4. The minimum Gasteiger partial charge on any atom is -0.320 e. The summed E-state index contributed by atoms with van der Waals surface area (Å²) in [5, 5.41) is 11.0. The van der Waals surface area contributed by atoms with E-state index in [4.69, 9.17) is 0 Å². The van der Waals surface area contributed by atoms with Crippen LogP contribution in [0.2, 0.25) is 0 Å². The molecule has 2 aliphatic rings. The number of nitrogens with zero attached hydrogens (tertiary/aromatic N) is 2. The second-order valence-electron chi connectivity index (χ2n) is 6.15. The summed E-state index contributed by atoms with van der Waals surface area (Å²) in [5.41, 5.74) is 9.91. The van der Waals surface area contributed by atoms with Crippen LogP contribution >= 0.6 is 11.8 Å². The number of hydrazone groups is 2. The Bertz CT molecular complexity index is 971. The van der Waals surface area contributed by atoms with Crippen molar-refractivity contribution in [3.05, 3.63) is 65.2 Å². The van der Waals surface area contributed by atoms with Crippen molar-refractivity contribution in [2.45, 2.75) is 18.7 Å². The van der Waals surface area contributed by atoms with E-state index in [-0.39, 0.29) is 16.4 Å². The molecule has 1 unspecified atom stereocenters. The summed E-state index contributed by atoms with van der Waals surface area (Å²) in [6.45, 7) is 2.45. The van der Waals surface area contributed by atoms with Gasteiger partial charge < -0.3 is 10.7 Å². The molecule has 3 N–H and O–H groups in total. The number of carbonyl (C=O) groups is 2. The lowest BCUT2D eigenvalue weighted by atomic mass is 10.0. The number of thioether (sulfide) groups is 1. The van der Waals surface area contributed by atoms with Gasteiger partial charge in [0, 0.05) is 5.56 Å². The maximum atomic E-state index is 12.3. The van der Waals surface area contributed by atoms with E-state index in [0.29, 0.717) is 17.9 Å². The van der Waals surface area contributed by atoms with E-state index in [9.17, 15) is 9.59 Å². The van der Waals surface area contributed by atoms with Crippen LogP contribution in [0.4, 0.5) is 10.5 Å². The molecule has 0 bridgehead atoms. The standard InChI is InChI=1S/C19H17N5O2S/c1-11-16(23-24-19(26)27-11)13-7-8-15-14(9-13)17(18(25)21-15)22-20-10-12-5-3-2-4-6-12/h2-9,11,20H,10H2,1H3,(H,24,26)(H,21,22,25). The van der Waals surface area contributed by atoms with Crippen LogP contribution in [0.3, 0.4) is 0 Å². The summed E-state index contributed by atoms with van der Waals surface area (Å²) in [5.74, 6) is -0.246. The van der Waals surface area contributed by atoms with Crippen LogP contribution in [-0.2, 0) is 11.3 Å². The number of benzene rings is 2. The fraction of sp³-hybridized carbons (Fsp3) is 0.158. The zero-order chi connectivity index (χ0) is 18.8. The van der Waals surface area contributed by atoms with Crippen LogP contribution in [0.25, 0.3) is 0 Å². The van der Waals surface area contributed by atoms with Crippen LogP contribution < -0.4 is 16.2 Å². The molecule has 0 spiro atoms. The molecule has 4 rings (SSSR count). The highest BCUT2D eigenvalue weighted by molar-refractivity contribution is 8.14. The molecule has 27 heavy (non-hydrogen) atoms. The SMILES string of the molecule is CC1SC(=O)NN=C1c1ccc2c(c1)/C(=N/NCc1ccccc1)C(=O)N2. The molecule has 0 aromatic heterocycles. The van der Waals surface area contributed by atoms with Gasteiger partial charge in [0.25, 0.3) is 11.1 Å². The van der Waals surface area contributed by atoms with Crippen molar-refractivity contribution < 1.29 is 9.59 Å². The first-order valence-electron chi connectivity index (χ1n) is 8.46. The molecule has 1 atom stereocenters. The molecule has 0 fully saturated rings. The maximum Gasteiger partial charge on any atom is 0.299 e. The Kier molecular flexibility index (Phi) is 4.64. The lowest BCUT2D eigenvalue weighted by Gasteiger charge is -2.18. The summed E-state index contributed by atoms with van der Waals surface area (Å²) >= 11 is 1.18. The summed E-state index contributed by atoms with van der Waals surface area (Å²) in [6, 6.07) is 15.4. The van der Waals surface area contributed by atoms with Crippen LogP contribution in [-0.4, -0.2) is 27.8 Å². The highest BCUT2D eigenvalue weighted by Crippen LogP contribution is 2.28. The molecular weight excluding hydrogens is 362 g/mol. The number of carbonyl (C=O) groups excluding carboxylic acids is 2. The number of anilines is 1. The fourth-order valence-corrected chi connectivity index (χ4v) is 3.69. The molecule has 0 saturated heterocycles. The summed E-state index contributed by atoms with van der Waals surface area (Å²) in [6.07, 6.45) is 0. The van der Waals surface area contributed by atoms with Gasteiger partial charge in [-0.2, -0.15) is 10.2 Å². The van der Waals surface area contributed by atoms with E-state index in [0.717, 1.165) is 22.4 Å². The Morgan fingerprint density at radius 1 is 1.19 bits per heavy atom. The van der Waals surface area contributed by atoms with Gasteiger partial charge in [0.1, 0.15) is 0 Å². The van der Waals surface area contributed by atoms with Gasteiger partial charge in [0.2, 0.25) is 0 Å². The molecule has 2 aromatic rings. The van der Waals surface area contributed by atoms with Crippen molar-refractivity contribution in [1.29, 1.82) is 0 Å². The van der Waals surface area contributed by atoms with Gasteiger partial charge >= 0.3 is 0 Å². The molecular formula is C19H17N5O2S. The first-order valence-corrected chi connectivity index (χ1v) is 9.34. The van der Waals surface area contributed by atoms with Crippen LogP contribution in [0, 0.1) is 0 Å². The lowest BCUT2D eigenvalue weighted by Crippen LogP contribution is -2.29. The van der Waals surface area contributed by atoms with Gasteiger partial charge in [-0.25, -0.2) is 5.43 Å². The molecule has 2 amide bonds. The Hall–Kier alpha value is -3.13. The quantitative estimate of drug-likeness (QED) is 0.712. The second kappa shape index (κ2) is 7.24. The highest BCUT2D eigenvalue weighted by Gasteiger charge is 2.29. The number of fused-ring (bicyclic) bond motifs is 1. The smallest absolute Gasteiger partial charge is 0.299 e. The van der Waals surface area contributed by atoms with Crippen molar-refractivity contribution >= 4 is 40.0 Å². The largest absolute Gasteiger partial charge is 0.320 e. The minimum atomic E-state index is -0.246. The van der Waals surface area contributed by atoms with Crippen molar-refractivity contribution in [3.8, 4) is 0 Å². The van der Waals surface area contributed by atoms with Crippen molar-refractivity contribution in [3.63, 3.8) is 0 Å². The third-order valence-electron chi connectivity index (χ3n) is 4.29. The molecule has 7 nitrogen and oxygen atoms in total. The molecule has 0 radical (unpaired) electrons. The molecule has 136 valence electrons. The van der Waals surface area contributed by atoms with Gasteiger partial charge in [-0.05, 0) is 30.2 Å². The van der Waals surface area contributed by atoms with E-state index in [2.05, 4.69) is 26.4 Å². The van der Waals surface area contributed by atoms with E-state index < -0.39 is 0 Å². The zero-order valence-corrected chi connectivity index (χ0v) is 15.3. The first-order chi connectivity index (χ1) is 13.1. The maximum absolute atomic E-state index is 12.3. The highest BCUT2D eigenvalue weighted by atomic mass is 32.2. The summed E-state index contributed by atoms with van der Waals surface area (Å²) < 4.78 is 0. The van der Waals surface area contributed by atoms with Gasteiger partial charge in [-0.15, -0.1) is 0 Å². The first kappa shape index (κ1) is 17.3. The number of hydrogen-bond donors (Lipinski definition) is 3.